The third-order valence-electron chi connectivity index (χ3n) is 11.6. The Bertz CT molecular complexity index is 3160. The highest BCUT2D eigenvalue weighted by molar-refractivity contribution is 6.09. The van der Waals surface area contributed by atoms with Crippen molar-refractivity contribution in [2.75, 3.05) is 0 Å². The smallest absolute Gasteiger partial charge is 0.238 e. The average molecular weight is 732 g/mol. The summed E-state index contributed by atoms with van der Waals surface area (Å²) in [5, 5.41) is 3.52. The molecule has 57 heavy (non-hydrogen) atoms. The first-order valence-electron chi connectivity index (χ1n) is 19.4. The Kier molecular flexibility index (Phi) is 6.95. The molecule has 2 unspecified atom stereocenters. The van der Waals surface area contributed by atoms with Crippen molar-refractivity contribution in [1.82, 2.24) is 24.1 Å². The maximum atomic E-state index is 6.88. The van der Waals surface area contributed by atoms with Gasteiger partial charge in [-0.05, 0) is 65.7 Å². The number of nitrogens with zero attached hydrogens (tertiary/aromatic N) is 5. The van der Waals surface area contributed by atoms with Crippen LogP contribution in [-0.2, 0) is 0 Å². The highest BCUT2D eigenvalue weighted by Crippen LogP contribution is 2.53. The van der Waals surface area contributed by atoms with Crippen LogP contribution in [0.1, 0.15) is 28.8 Å². The zero-order chi connectivity index (χ0) is 37.5. The van der Waals surface area contributed by atoms with Crippen LogP contribution in [0.15, 0.2) is 182 Å². The van der Waals surface area contributed by atoms with E-state index in [1.807, 2.05) is 6.07 Å². The van der Waals surface area contributed by atoms with E-state index in [0.717, 1.165) is 61.2 Å². The van der Waals surface area contributed by atoms with E-state index in [1.165, 1.54) is 22.0 Å². The molecule has 1 aliphatic heterocycles. The van der Waals surface area contributed by atoms with E-state index in [-0.39, 0.29) is 12.0 Å². The van der Waals surface area contributed by atoms with Crippen LogP contribution in [0.25, 0.3) is 84.3 Å². The van der Waals surface area contributed by atoms with E-state index in [2.05, 4.69) is 191 Å². The second kappa shape index (κ2) is 12.5. The number of ether oxygens (including phenoxy) is 1. The number of fused-ring (bicyclic) bond motifs is 10. The molecule has 0 bridgehead atoms. The van der Waals surface area contributed by atoms with Crippen LogP contribution >= 0.6 is 0 Å². The molecule has 4 heterocycles. The second-order valence-electron chi connectivity index (χ2n) is 14.8. The van der Waals surface area contributed by atoms with E-state index < -0.39 is 0 Å². The molecule has 6 nitrogen and oxygen atoms in total. The minimum absolute atomic E-state index is 0.0334. The van der Waals surface area contributed by atoms with Gasteiger partial charge in [0.25, 0.3) is 0 Å². The SMILES string of the molecule is C1=CC2c3cc(-c4nc(-c5ccc(-c6ccccc6)cc5)nc(-n5c6ccccc6c6ccccc65)n4)ccc3OC2c2c1n(-c1ccccc1)c1ccccc21. The molecule has 268 valence electrons. The van der Waals surface area contributed by atoms with Gasteiger partial charge in [0.15, 0.2) is 11.6 Å². The maximum Gasteiger partial charge on any atom is 0.238 e. The summed E-state index contributed by atoms with van der Waals surface area (Å²) in [6.07, 6.45) is 4.42. The summed E-state index contributed by atoms with van der Waals surface area (Å²) in [4.78, 5) is 15.6. The van der Waals surface area contributed by atoms with Crippen molar-refractivity contribution in [1.29, 1.82) is 0 Å². The van der Waals surface area contributed by atoms with Gasteiger partial charge in [-0.15, -0.1) is 0 Å². The average Bonchev–Trinajstić information content (AvgIpc) is 3.94. The third kappa shape index (κ3) is 4.94. The second-order valence-corrected chi connectivity index (χ2v) is 14.8. The van der Waals surface area contributed by atoms with Gasteiger partial charge in [-0.2, -0.15) is 9.97 Å². The molecular weight excluding hydrogens is 699 g/mol. The molecule has 10 aromatic rings. The standard InChI is InChI=1S/C51H33N5O/c1-3-13-32(14-4-1)33-23-25-34(26-24-33)49-52-50(54-51(53-49)56-42-20-10-7-17-37(42)38-18-8-11-21-43(38)56)35-27-30-46-41(31-35)39-28-29-45-47(48(39)57-46)40-19-9-12-22-44(40)55(45)36-15-5-2-6-16-36/h1-31,39,48H. The normalized spacial score (nSPS) is 15.4. The Morgan fingerprint density at radius 1 is 0.456 bits per heavy atom. The fraction of sp³-hybridized carbons (Fsp3) is 0.0392. The van der Waals surface area contributed by atoms with E-state index in [0.29, 0.717) is 17.6 Å². The first-order chi connectivity index (χ1) is 28.3. The highest BCUT2D eigenvalue weighted by Gasteiger charge is 2.40. The van der Waals surface area contributed by atoms with Gasteiger partial charge >= 0.3 is 0 Å². The molecule has 0 saturated heterocycles. The molecule has 7 aromatic carbocycles. The van der Waals surface area contributed by atoms with Crippen LogP contribution in [-0.4, -0.2) is 24.1 Å². The van der Waals surface area contributed by atoms with Gasteiger partial charge < -0.3 is 9.30 Å². The van der Waals surface area contributed by atoms with Gasteiger partial charge in [0.05, 0.1) is 22.2 Å². The van der Waals surface area contributed by atoms with Crippen molar-refractivity contribution >= 4 is 38.8 Å². The molecule has 0 amide bonds. The van der Waals surface area contributed by atoms with Crippen molar-refractivity contribution in [3.8, 4) is 51.3 Å². The quantitative estimate of drug-likeness (QED) is 0.177. The number of rotatable bonds is 5. The first-order valence-corrected chi connectivity index (χ1v) is 19.4. The summed E-state index contributed by atoms with van der Waals surface area (Å²) in [6.45, 7) is 0. The summed E-state index contributed by atoms with van der Waals surface area (Å²) in [5.41, 5.74) is 12.0. The lowest BCUT2D eigenvalue weighted by Gasteiger charge is -2.22. The lowest BCUT2D eigenvalue weighted by molar-refractivity contribution is 0.224. The molecule has 6 heteroatoms. The fourth-order valence-corrected chi connectivity index (χ4v) is 8.97. The number of para-hydroxylation sites is 4. The highest BCUT2D eigenvalue weighted by atomic mass is 16.5. The van der Waals surface area contributed by atoms with E-state index >= 15 is 0 Å². The van der Waals surface area contributed by atoms with Crippen molar-refractivity contribution in [3.05, 3.63) is 199 Å². The topological polar surface area (TPSA) is 57.8 Å². The van der Waals surface area contributed by atoms with Crippen LogP contribution < -0.4 is 4.74 Å². The molecule has 0 spiro atoms. The van der Waals surface area contributed by atoms with Crippen molar-refractivity contribution in [3.63, 3.8) is 0 Å². The summed E-state index contributed by atoms with van der Waals surface area (Å²) in [5.74, 6) is 2.71. The van der Waals surface area contributed by atoms with Gasteiger partial charge in [-0.25, -0.2) is 4.98 Å². The monoisotopic (exact) mass is 731 g/mol. The molecular formula is C51H33N5O. The number of hydrogen-bond acceptors (Lipinski definition) is 4. The molecule has 2 aliphatic rings. The molecule has 2 atom stereocenters. The predicted octanol–water partition coefficient (Wildman–Crippen LogP) is 12.2. The van der Waals surface area contributed by atoms with Crippen LogP contribution in [0.4, 0.5) is 0 Å². The number of aromatic nitrogens is 5. The van der Waals surface area contributed by atoms with Gasteiger partial charge in [-0.3, -0.25) is 4.57 Å². The molecule has 1 aliphatic carbocycles. The molecule has 0 saturated carbocycles. The Morgan fingerprint density at radius 2 is 1.00 bits per heavy atom. The predicted molar refractivity (Wildman–Crippen MR) is 229 cm³/mol. The zero-order valence-electron chi connectivity index (χ0n) is 30.7. The molecule has 0 N–H and O–H groups in total. The Hall–Kier alpha value is -7.57. The molecule has 12 rings (SSSR count). The lowest BCUT2D eigenvalue weighted by Crippen LogP contribution is -2.13. The third-order valence-corrected chi connectivity index (χ3v) is 11.6. The maximum absolute atomic E-state index is 6.88. The van der Waals surface area contributed by atoms with Crippen molar-refractivity contribution < 1.29 is 4.74 Å². The zero-order valence-corrected chi connectivity index (χ0v) is 30.7. The Balaban J connectivity index is 1.01. The minimum Gasteiger partial charge on any atom is -0.484 e. The van der Waals surface area contributed by atoms with Crippen molar-refractivity contribution in [2.24, 2.45) is 0 Å². The molecule has 3 aromatic heterocycles. The van der Waals surface area contributed by atoms with Crippen LogP contribution in [0.5, 0.6) is 5.75 Å². The molecule has 0 fully saturated rings. The largest absolute Gasteiger partial charge is 0.484 e. The summed E-state index contributed by atoms with van der Waals surface area (Å²) < 4.78 is 11.4. The summed E-state index contributed by atoms with van der Waals surface area (Å²) in [7, 11) is 0. The van der Waals surface area contributed by atoms with Gasteiger partial charge in [-0.1, -0.05) is 133 Å². The first kappa shape index (κ1) is 31.7. The van der Waals surface area contributed by atoms with E-state index in [4.69, 9.17) is 19.7 Å². The van der Waals surface area contributed by atoms with Gasteiger partial charge in [0.1, 0.15) is 11.9 Å². The fourth-order valence-electron chi connectivity index (χ4n) is 8.97. The number of benzene rings is 7. The molecule has 0 radical (unpaired) electrons. The van der Waals surface area contributed by atoms with E-state index in [9.17, 15) is 0 Å². The Labute approximate surface area is 328 Å². The summed E-state index contributed by atoms with van der Waals surface area (Å²) in [6, 6.07) is 61.4. The van der Waals surface area contributed by atoms with Crippen molar-refractivity contribution in [2.45, 2.75) is 12.0 Å². The van der Waals surface area contributed by atoms with E-state index in [1.54, 1.807) is 0 Å². The number of hydrogen-bond donors (Lipinski definition) is 0. The van der Waals surface area contributed by atoms with Gasteiger partial charge in [0, 0.05) is 50.0 Å². The van der Waals surface area contributed by atoms with Crippen LogP contribution in [0.2, 0.25) is 0 Å². The Morgan fingerprint density at radius 3 is 1.70 bits per heavy atom. The summed E-state index contributed by atoms with van der Waals surface area (Å²) >= 11 is 0. The lowest BCUT2D eigenvalue weighted by atomic mass is 9.85. The minimum atomic E-state index is -0.157. The van der Waals surface area contributed by atoms with Gasteiger partial charge in [0.2, 0.25) is 5.95 Å². The van der Waals surface area contributed by atoms with Crippen LogP contribution in [0.3, 0.4) is 0 Å². The van der Waals surface area contributed by atoms with Crippen LogP contribution in [0, 0.1) is 0 Å².